The van der Waals surface area contributed by atoms with Crippen LogP contribution in [-0.2, 0) is 0 Å². The van der Waals surface area contributed by atoms with Crippen molar-refractivity contribution in [3.05, 3.63) is 64.9 Å². The molecule has 4 aromatic rings. The number of halogens is 1. The van der Waals surface area contributed by atoms with Gasteiger partial charge in [-0.3, -0.25) is 4.98 Å². The molecule has 0 unspecified atom stereocenters. The van der Waals surface area contributed by atoms with E-state index in [1.54, 1.807) is 24.4 Å². The van der Waals surface area contributed by atoms with Crippen molar-refractivity contribution in [1.29, 1.82) is 0 Å². The van der Waals surface area contributed by atoms with Gasteiger partial charge in [-0.15, -0.1) is 0 Å². The Morgan fingerprint density at radius 2 is 1.75 bits per heavy atom. The van der Waals surface area contributed by atoms with Gasteiger partial charge in [0, 0.05) is 22.4 Å². The lowest BCUT2D eigenvalue weighted by Gasteiger charge is -2.05. The zero-order chi connectivity index (χ0) is 13.7. The highest BCUT2D eigenvalue weighted by molar-refractivity contribution is 6.12. The van der Waals surface area contributed by atoms with Crippen LogP contribution in [0.2, 0.25) is 0 Å². The van der Waals surface area contributed by atoms with Crippen molar-refractivity contribution >= 4 is 32.6 Å². The molecule has 0 saturated carbocycles. The molecule has 0 fully saturated rings. The average Bonchev–Trinajstić information content (AvgIpc) is 2.47. The molecule has 0 spiro atoms. The normalized spacial score (nSPS) is 11.4. The Bertz CT molecular complexity index is 1040. The van der Waals surface area contributed by atoms with E-state index in [4.69, 9.17) is 4.42 Å². The van der Waals surface area contributed by atoms with Gasteiger partial charge in [-0.1, -0.05) is 18.2 Å². The van der Waals surface area contributed by atoms with Crippen LogP contribution in [0, 0.1) is 5.82 Å². The molecule has 0 amide bonds. The highest BCUT2D eigenvalue weighted by Crippen LogP contribution is 2.28. The molecule has 0 N–H and O–H groups in total. The molecule has 4 heteroatoms. The van der Waals surface area contributed by atoms with Gasteiger partial charge in [0.05, 0.1) is 10.9 Å². The lowest BCUT2D eigenvalue weighted by Crippen LogP contribution is -2.00. The topological polar surface area (TPSA) is 43.1 Å². The molecule has 2 aromatic carbocycles. The molecule has 3 nitrogen and oxygen atoms in total. The first-order valence-electron chi connectivity index (χ1n) is 6.14. The quantitative estimate of drug-likeness (QED) is 0.456. The second-order valence-electron chi connectivity index (χ2n) is 4.60. The van der Waals surface area contributed by atoms with Crippen molar-refractivity contribution in [3.63, 3.8) is 0 Å². The highest BCUT2D eigenvalue weighted by atomic mass is 19.1. The van der Waals surface area contributed by atoms with Crippen LogP contribution in [0.1, 0.15) is 0 Å². The van der Waals surface area contributed by atoms with Gasteiger partial charge < -0.3 is 4.42 Å². The van der Waals surface area contributed by atoms with Crippen molar-refractivity contribution in [2.45, 2.75) is 0 Å². The Hall–Kier alpha value is -2.75. The summed E-state index contributed by atoms with van der Waals surface area (Å²) in [5.74, 6) is -0.386. The van der Waals surface area contributed by atoms with E-state index in [1.807, 2.05) is 12.1 Å². The van der Waals surface area contributed by atoms with Crippen molar-refractivity contribution in [2.75, 3.05) is 0 Å². The van der Waals surface area contributed by atoms with E-state index in [-0.39, 0.29) is 5.82 Å². The molecule has 20 heavy (non-hydrogen) atoms. The van der Waals surface area contributed by atoms with Gasteiger partial charge in [0.1, 0.15) is 11.4 Å². The van der Waals surface area contributed by atoms with E-state index in [0.29, 0.717) is 27.3 Å². The minimum Gasteiger partial charge on any atom is -0.421 e. The second-order valence-corrected chi connectivity index (χ2v) is 4.60. The van der Waals surface area contributed by atoms with Crippen molar-refractivity contribution < 1.29 is 8.81 Å². The number of fused-ring (bicyclic) bond motifs is 5. The third-order valence-electron chi connectivity index (χ3n) is 3.41. The lowest BCUT2D eigenvalue weighted by molar-refractivity contribution is 0.572. The summed E-state index contributed by atoms with van der Waals surface area (Å²) in [5.41, 5.74) is 0.542. The Labute approximate surface area is 112 Å². The van der Waals surface area contributed by atoms with E-state index in [1.165, 1.54) is 12.1 Å². The van der Waals surface area contributed by atoms with Crippen LogP contribution in [0.3, 0.4) is 0 Å². The molecule has 0 saturated heterocycles. The fourth-order valence-corrected chi connectivity index (χ4v) is 2.49. The molecule has 2 aromatic heterocycles. The molecule has 0 atom stereocenters. The summed E-state index contributed by atoms with van der Waals surface area (Å²) < 4.78 is 18.8. The molecule has 4 rings (SSSR count). The molecule has 0 radical (unpaired) electrons. The van der Waals surface area contributed by atoms with Crippen LogP contribution in [0.5, 0.6) is 0 Å². The molecule has 0 aliphatic heterocycles. The van der Waals surface area contributed by atoms with Crippen LogP contribution in [0.25, 0.3) is 32.6 Å². The van der Waals surface area contributed by atoms with Gasteiger partial charge in [-0.05, 0) is 24.3 Å². The van der Waals surface area contributed by atoms with Crippen LogP contribution >= 0.6 is 0 Å². The summed E-state index contributed by atoms with van der Waals surface area (Å²) >= 11 is 0. The molecular formula is C16H8FNO2. The predicted molar refractivity (Wildman–Crippen MR) is 75.2 cm³/mol. The standard InChI is InChI=1S/C16H8FNO2/c17-9-5-6-14-12(7-9)15-13(8-18-14)10-3-1-2-4-11(10)16(19)20-15/h1-8H. The van der Waals surface area contributed by atoms with Gasteiger partial charge in [0.2, 0.25) is 0 Å². The first-order valence-corrected chi connectivity index (χ1v) is 6.14. The lowest BCUT2D eigenvalue weighted by atomic mass is 10.1. The maximum Gasteiger partial charge on any atom is 0.344 e. The Kier molecular flexibility index (Phi) is 2.15. The summed E-state index contributed by atoms with van der Waals surface area (Å²) in [4.78, 5) is 16.3. The highest BCUT2D eigenvalue weighted by Gasteiger charge is 2.11. The minimum atomic E-state index is -0.426. The van der Waals surface area contributed by atoms with Crippen molar-refractivity contribution in [1.82, 2.24) is 4.98 Å². The van der Waals surface area contributed by atoms with Gasteiger partial charge in [0.15, 0.2) is 0 Å². The number of benzene rings is 2. The molecule has 0 aliphatic rings. The maximum absolute atomic E-state index is 13.4. The van der Waals surface area contributed by atoms with E-state index >= 15 is 0 Å². The van der Waals surface area contributed by atoms with Gasteiger partial charge in [0.25, 0.3) is 0 Å². The molecule has 0 bridgehead atoms. The summed E-state index contributed by atoms with van der Waals surface area (Å²) in [7, 11) is 0. The van der Waals surface area contributed by atoms with Crippen LogP contribution < -0.4 is 5.63 Å². The monoisotopic (exact) mass is 265 g/mol. The SMILES string of the molecule is O=c1oc2c3cc(F)ccc3ncc2c2ccccc12. The second kappa shape index (κ2) is 3.87. The zero-order valence-electron chi connectivity index (χ0n) is 10.3. The van der Waals surface area contributed by atoms with E-state index in [9.17, 15) is 9.18 Å². The number of pyridine rings is 1. The van der Waals surface area contributed by atoms with Crippen molar-refractivity contribution in [2.24, 2.45) is 0 Å². The first-order chi connectivity index (χ1) is 9.74. The first kappa shape index (κ1) is 11.1. The minimum absolute atomic E-state index is 0.373. The maximum atomic E-state index is 13.4. The summed E-state index contributed by atoms with van der Waals surface area (Å²) in [6, 6.07) is 11.4. The largest absolute Gasteiger partial charge is 0.421 e. The van der Waals surface area contributed by atoms with Crippen molar-refractivity contribution in [3.8, 4) is 0 Å². The summed E-state index contributed by atoms with van der Waals surface area (Å²) in [6.45, 7) is 0. The van der Waals surface area contributed by atoms with Crippen LogP contribution in [0.4, 0.5) is 4.39 Å². The fraction of sp³-hybridized carbons (Fsp3) is 0. The van der Waals surface area contributed by atoms with E-state index in [0.717, 1.165) is 5.39 Å². The number of aromatic nitrogens is 1. The number of hydrogen-bond acceptors (Lipinski definition) is 3. The smallest absolute Gasteiger partial charge is 0.344 e. The number of hydrogen-bond donors (Lipinski definition) is 0. The van der Waals surface area contributed by atoms with E-state index in [2.05, 4.69) is 4.98 Å². The van der Waals surface area contributed by atoms with Gasteiger partial charge in [-0.2, -0.15) is 0 Å². The third-order valence-corrected chi connectivity index (χ3v) is 3.41. The van der Waals surface area contributed by atoms with Gasteiger partial charge in [-0.25, -0.2) is 9.18 Å². The average molecular weight is 265 g/mol. The number of nitrogens with zero attached hydrogens (tertiary/aromatic N) is 1. The van der Waals surface area contributed by atoms with Crippen LogP contribution in [-0.4, -0.2) is 4.98 Å². The Morgan fingerprint density at radius 3 is 2.60 bits per heavy atom. The summed E-state index contributed by atoms with van der Waals surface area (Å²) in [6.07, 6.45) is 1.65. The molecule has 2 heterocycles. The number of rotatable bonds is 0. The predicted octanol–water partition coefficient (Wildman–Crippen LogP) is 3.63. The Morgan fingerprint density at radius 1 is 0.950 bits per heavy atom. The molecule has 0 aliphatic carbocycles. The Balaban J connectivity index is 2.35. The summed E-state index contributed by atoms with van der Waals surface area (Å²) in [5, 5.41) is 2.47. The van der Waals surface area contributed by atoms with Crippen LogP contribution in [0.15, 0.2) is 57.9 Å². The zero-order valence-corrected chi connectivity index (χ0v) is 10.3. The fourth-order valence-electron chi connectivity index (χ4n) is 2.49. The third kappa shape index (κ3) is 1.45. The van der Waals surface area contributed by atoms with Gasteiger partial charge >= 0.3 is 5.63 Å². The van der Waals surface area contributed by atoms with E-state index < -0.39 is 5.63 Å². The molecule has 96 valence electrons. The molecular weight excluding hydrogens is 257 g/mol.